The second-order valence-corrected chi connectivity index (χ2v) is 15.7. The lowest BCUT2D eigenvalue weighted by Gasteiger charge is -2.47. The highest BCUT2D eigenvalue weighted by atomic mass is 32.2. The number of piperidine rings is 1. The topological polar surface area (TPSA) is 78.0 Å². The molecule has 7 nitrogen and oxygen atoms in total. The predicted molar refractivity (Wildman–Crippen MR) is 163 cm³/mol. The molecule has 0 aliphatic carbocycles. The van der Waals surface area contributed by atoms with Crippen molar-refractivity contribution in [1.82, 2.24) is 14.7 Å². The van der Waals surface area contributed by atoms with Gasteiger partial charge in [-0.2, -0.15) is 0 Å². The van der Waals surface area contributed by atoms with Crippen molar-refractivity contribution >= 4 is 21.7 Å². The second-order valence-electron chi connectivity index (χ2n) is 13.0. The van der Waals surface area contributed by atoms with Crippen LogP contribution in [-0.2, 0) is 19.4 Å². The minimum absolute atomic E-state index is 0.0444. The molecule has 0 spiro atoms. The van der Waals surface area contributed by atoms with E-state index < -0.39 is 14.6 Å². The van der Waals surface area contributed by atoms with Gasteiger partial charge in [0.1, 0.15) is 0 Å². The molecule has 0 saturated carbocycles. The molecule has 2 atom stereocenters. The Hall–Kier alpha value is -2.71. The van der Waals surface area contributed by atoms with Crippen LogP contribution in [-0.4, -0.2) is 78.4 Å². The zero-order valence-corrected chi connectivity index (χ0v) is 26.4. The molecule has 0 N–H and O–H groups in total. The lowest BCUT2D eigenvalue weighted by atomic mass is 9.90. The van der Waals surface area contributed by atoms with Gasteiger partial charge in [-0.25, -0.2) is 8.42 Å². The third-order valence-electron chi connectivity index (χ3n) is 8.86. The maximum Gasteiger partial charge on any atom is 0.223 e. The molecule has 2 unspecified atom stereocenters. The van der Waals surface area contributed by atoms with Gasteiger partial charge in [-0.1, -0.05) is 56.3 Å². The van der Waals surface area contributed by atoms with Crippen molar-refractivity contribution in [3.8, 4) is 0 Å². The number of piperazine rings is 1. The Morgan fingerprint density at radius 3 is 2.00 bits per heavy atom. The number of rotatable bonds is 7. The Morgan fingerprint density at radius 2 is 1.46 bits per heavy atom. The van der Waals surface area contributed by atoms with E-state index >= 15 is 0 Å². The molecule has 0 radical (unpaired) electrons. The summed E-state index contributed by atoms with van der Waals surface area (Å²) in [5.74, 6) is 0.947. The zero-order valence-electron chi connectivity index (χ0n) is 25.5. The van der Waals surface area contributed by atoms with E-state index in [9.17, 15) is 18.0 Å². The van der Waals surface area contributed by atoms with Crippen molar-refractivity contribution in [1.29, 1.82) is 0 Å². The number of carbonyl (C=O) groups is 2. The molecular weight excluding hydrogens is 534 g/mol. The lowest BCUT2D eigenvalue weighted by Crippen LogP contribution is -2.58. The Kier molecular flexibility index (Phi) is 9.64. The molecule has 224 valence electrons. The standard InChI is InChI=1S/C33H47N3O4S/c1-24(2)30-23-35(20-21-36(30)31(38)22-26-16-18-34(19-17-26)25(3)37)32(27-10-8-7-9-11-27)28-12-14-29(15-13-28)41(39,40)33(4,5)6/h7-15,24,26,30,32H,16-23H2,1-6H3. The molecule has 4 rings (SSSR count). The van der Waals surface area contributed by atoms with Crippen molar-refractivity contribution < 1.29 is 18.0 Å². The summed E-state index contributed by atoms with van der Waals surface area (Å²) in [5, 5.41) is 0. The van der Waals surface area contributed by atoms with Gasteiger partial charge >= 0.3 is 0 Å². The number of amides is 2. The molecule has 2 aromatic rings. The van der Waals surface area contributed by atoms with Crippen LogP contribution in [0, 0.1) is 11.8 Å². The summed E-state index contributed by atoms with van der Waals surface area (Å²) in [7, 11) is -3.44. The number of sulfone groups is 1. The van der Waals surface area contributed by atoms with E-state index in [1.807, 2.05) is 35.2 Å². The summed E-state index contributed by atoms with van der Waals surface area (Å²) in [6, 6.07) is 17.8. The molecule has 2 heterocycles. The fourth-order valence-electron chi connectivity index (χ4n) is 6.20. The van der Waals surface area contributed by atoms with Gasteiger partial charge in [0.15, 0.2) is 9.84 Å². The van der Waals surface area contributed by atoms with E-state index in [1.165, 1.54) is 0 Å². The van der Waals surface area contributed by atoms with E-state index in [0.29, 0.717) is 23.8 Å². The summed E-state index contributed by atoms with van der Waals surface area (Å²) in [6.07, 6.45) is 2.31. The number of likely N-dealkylation sites (tertiary alicyclic amines) is 1. The van der Waals surface area contributed by atoms with Gasteiger partial charge in [-0.3, -0.25) is 14.5 Å². The average Bonchev–Trinajstić information content (AvgIpc) is 2.93. The van der Waals surface area contributed by atoms with E-state index in [-0.39, 0.29) is 29.8 Å². The Balaban J connectivity index is 1.54. The molecule has 2 saturated heterocycles. The fourth-order valence-corrected chi connectivity index (χ4v) is 7.40. The van der Waals surface area contributed by atoms with E-state index in [1.54, 1.807) is 39.8 Å². The van der Waals surface area contributed by atoms with Crippen molar-refractivity contribution in [2.45, 2.75) is 82.5 Å². The summed E-state index contributed by atoms with van der Waals surface area (Å²) >= 11 is 0. The largest absolute Gasteiger partial charge is 0.343 e. The highest BCUT2D eigenvalue weighted by Crippen LogP contribution is 2.34. The number of hydrogen-bond donors (Lipinski definition) is 0. The minimum atomic E-state index is -3.44. The highest BCUT2D eigenvalue weighted by molar-refractivity contribution is 7.92. The smallest absolute Gasteiger partial charge is 0.223 e. The van der Waals surface area contributed by atoms with Gasteiger partial charge in [0, 0.05) is 52.1 Å². The molecule has 2 fully saturated rings. The third kappa shape index (κ3) is 7.03. The van der Waals surface area contributed by atoms with Crippen LogP contribution in [0.15, 0.2) is 59.5 Å². The fraction of sp³-hybridized carbons (Fsp3) is 0.576. The first-order valence-electron chi connectivity index (χ1n) is 15.0. The van der Waals surface area contributed by atoms with Gasteiger partial charge in [0.2, 0.25) is 11.8 Å². The van der Waals surface area contributed by atoms with Gasteiger partial charge in [0.25, 0.3) is 0 Å². The number of benzene rings is 2. The first kappa shape index (κ1) is 31.2. The van der Waals surface area contributed by atoms with Crippen LogP contribution in [0.4, 0.5) is 0 Å². The van der Waals surface area contributed by atoms with E-state index in [4.69, 9.17) is 0 Å². The van der Waals surface area contributed by atoms with Gasteiger partial charge in [-0.15, -0.1) is 0 Å². The van der Waals surface area contributed by atoms with Crippen LogP contribution in [0.25, 0.3) is 0 Å². The normalized spacial score (nSPS) is 20.3. The highest BCUT2D eigenvalue weighted by Gasteiger charge is 2.37. The van der Waals surface area contributed by atoms with Gasteiger partial charge in [-0.05, 0) is 68.7 Å². The molecular formula is C33H47N3O4S. The van der Waals surface area contributed by atoms with Crippen LogP contribution in [0.2, 0.25) is 0 Å². The molecule has 2 aromatic carbocycles. The van der Waals surface area contributed by atoms with Crippen LogP contribution in [0.1, 0.15) is 78.0 Å². The van der Waals surface area contributed by atoms with Crippen molar-refractivity contribution in [2.75, 3.05) is 32.7 Å². The maximum atomic E-state index is 13.6. The molecule has 2 aliphatic heterocycles. The van der Waals surface area contributed by atoms with Gasteiger partial charge < -0.3 is 9.80 Å². The maximum absolute atomic E-state index is 13.6. The monoisotopic (exact) mass is 581 g/mol. The summed E-state index contributed by atoms with van der Waals surface area (Å²) in [5.41, 5.74) is 2.20. The van der Waals surface area contributed by atoms with Crippen LogP contribution in [0.3, 0.4) is 0 Å². The zero-order chi connectivity index (χ0) is 29.9. The van der Waals surface area contributed by atoms with E-state index in [0.717, 1.165) is 50.1 Å². The van der Waals surface area contributed by atoms with Crippen molar-refractivity contribution in [3.05, 3.63) is 65.7 Å². The summed E-state index contributed by atoms with van der Waals surface area (Å²) < 4.78 is 25.2. The Labute approximate surface area is 246 Å². The van der Waals surface area contributed by atoms with Gasteiger partial charge in [0.05, 0.1) is 15.7 Å². The Morgan fingerprint density at radius 1 is 0.878 bits per heavy atom. The quantitative estimate of drug-likeness (QED) is 0.451. The molecule has 0 bridgehead atoms. The average molecular weight is 582 g/mol. The minimum Gasteiger partial charge on any atom is -0.343 e. The summed E-state index contributed by atoms with van der Waals surface area (Å²) in [6.45, 7) is 14.8. The molecule has 41 heavy (non-hydrogen) atoms. The number of carbonyl (C=O) groups excluding carboxylic acids is 2. The lowest BCUT2D eigenvalue weighted by molar-refractivity contribution is -0.139. The van der Waals surface area contributed by atoms with Crippen molar-refractivity contribution in [2.24, 2.45) is 11.8 Å². The predicted octanol–water partition coefficient (Wildman–Crippen LogP) is 5.17. The first-order valence-corrected chi connectivity index (χ1v) is 16.5. The molecule has 8 heteroatoms. The molecule has 2 amide bonds. The van der Waals surface area contributed by atoms with Crippen LogP contribution < -0.4 is 0 Å². The molecule has 0 aromatic heterocycles. The molecule has 2 aliphatic rings. The Bertz CT molecular complexity index is 1290. The number of hydrogen-bond acceptors (Lipinski definition) is 5. The SMILES string of the molecule is CC(=O)N1CCC(CC(=O)N2CCN(C(c3ccccc3)c3ccc(S(=O)(=O)C(C)(C)C)cc3)CC2C(C)C)CC1. The number of nitrogens with zero attached hydrogens (tertiary/aromatic N) is 3. The third-order valence-corrected chi connectivity index (χ3v) is 11.4. The van der Waals surface area contributed by atoms with Crippen molar-refractivity contribution in [3.63, 3.8) is 0 Å². The summed E-state index contributed by atoms with van der Waals surface area (Å²) in [4.78, 5) is 32.1. The first-order chi connectivity index (χ1) is 19.3. The van der Waals surface area contributed by atoms with E-state index in [2.05, 4.69) is 35.8 Å². The second kappa shape index (κ2) is 12.7. The van der Waals surface area contributed by atoms with Crippen LogP contribution in [0.5, 0.6) is 0 Å². The van der Waals surface area contributed by atoms with Crippen LogP contribution >= 0.6 is 0 Å².